The van der Waals surface area contributed by atoms with Crippen molar-refractivity contribution >= 4 is 23.5 Å². The number of carboxylic acids is 1. The van der Waals surface area contributed by atoms with E-state index in [1.165, 1.54) is 0 Å². The van der Waals surface area contributed by atoms with Crippen LogP contribution in [0.5, 0.6) is 5.75 Å². The van der Waals surface area contributed by atoms with Crippen molar-refractivity contribution in [1.82, 2.24) is 5.32 Å². The zero-order valence-electron chi connectivity index (χ0n) is 14.6. The molecule has 27 heavy (non-hydrogen) atoms. The first-order valence-corrected chi connectivity index (χ1v) is 8.67. The number of carbonyl (C=O) groups is 3. The number of hydrogen-bond donors (Lipinski definition) is 3. The maximum absolute atomic E-state index is 12.6. The van der Waals surface area contributed by atoms with E-state index in [4.69, 9.17) is 9.84 Å². The first-order chi connectivity index (χ1) is 13.0. The molecule has 0 bridgehead atoms. The van der Waals surface area contributed by atoms with Crippen molar-refractivity contribution in [1.29, 1.82) is 0 Å². The van der Waals surface area contributed by atoms with Gasteiger partial charge in [-0.15, -0.1) is 0 Å². The van der Waals surface area contributed by atoms with E-state index in [0.29, 0.717) is 30.0 Å². The number of aliphatic carboxylic acids is 1. The lowest BCUT2D eigenvalue weighted by Crippen LogP contribution is -2.45. The Hall–Kier alpha value is -3.19. The smallest absolute Gasteiger partial charge is 0.417 e. The zero-order valence-corrected chi connectivity index (χ0v) is 14.6. The molecule has 1 saturated heterocycles. The van der Waals surface area contributed by atoms with Gasteiger partial charge < -0.3 is 15.2 Å². The summed E-state index contributed by atoms with van der Waals surface area (Å²) in [5.74, 6) is -1.10. The highest BCUT2D eigenvalue weighted by atomic mass is 16.6. The fourth-order valence-corrected chi connectivity index (χ4v) is 3.00. The first kappa shape index (κ1) is 18.6. The van der Waals surface area contributed by atoms with Crippen LogP contribution in [0.3, 0.4) is 0 Å². The summed E-state index contributed by atoms with van der Waals surface area (Å²) in [6, 6.07) is 14.6. The van der Waals surface area contributed by atoms with Crippen molar-refractivity contribution in [3.63, 3.8) is 0 Å². The van der Waals surface area contributed by atoms with Crippen molar-refractivity contribution in [2.24, 2.45) is 5.92 Å². The standard InChI is InChI=1S/C20H20N2O5/c23-18(17-12-14(19(24)25)10-11-21-17)13-6-8-15(9-7-13)22-20(26)27-16-4-2-1-3-5-16/h1-9,14,17,21H,10-12H2,(H,22,26)(H,24,25). The number of Topliss-reactive ketones (excluding diaryl/α,β-unsaturated/α-hetero) is 1. The zero-order chi connectivity index (χ0) is 19.2. The number of benzene rings is 2. The van der Waals surface area contributed by atoms with Crippen LogP contribution in [0.4, 0.5) is 10.5 Å². The molecule has 0 aliphatic carbocycles. The Morgan fingerprint density at radius 2 is 1.74 bits per heavy atom. The second kappa shape index (κ2) is 8.46. The van der Waals surface area contributed by atoms with Gasteiger partial charge in [0.25, 0.3) is 0 Å². The van der Waals surface area contributed by atoms with Crippen LogP contribution in [0.2, 0.25) is 0 Å². The Morgan fingerprint density at radius 1 is 1.04 bits per heavy atom. The monoisotopic (exact) mass is 368 g/mol. The predicted octanol–water partition coefficient (Wildman–Crippen LogP) is 2.93. The summed E-state index contributed by atoms with van der Waals surface area (Å²) >= 11 is 0. The Labute approximate surface area is 156 Å². The molecule has 2 aromatic carbocycles. The number of rotatable bonds is 5. The molecule has 140 valence electrons. The summed E-state index contributed by atoms with van der Waals surface area (Å²) in [6.07, 6.45) is 0.168. The molecule has 1 heterocycles. The molecular formula is C20H20N2O5. The van der Waals surface area contributed by atoms with E-state index in [-0.39, 0.29) is 12.2 Å². The van der Waals surface area contributed by atoms with Crippen molar-refractivity contribution in [3.8, 4) is 5.75 Å². The summed E-state index contributed by atoms with van der Waals surface area (Å²) in [5.41, 5.74) is 0.952. The van der Waals surface area contributed by atoms with Crippen LogP contribution >= 0.6 is 0 Å². The van der Waals surface area contributed by atoms with E-state index < -0.39 is 24.0 Å². The Bertz CT molecular complexity index is 820. The molecule has 7 nitrogen and oxygen atoms in total. The van der Waals surface area contributed by atoms with E-state index in [1.807, 2.05) is 6.07 Å². The Balaban J connectivity index is 1.58. The fourth-order valence-electron chi connectivity index (χ4n) is 3.00. The summed E-state index contributed by atoms with van der Waals surface area (Å²) in [5, 5.41) is 14.8. The van der Waals surface area contributed by atoms with Gasteiger partial charge in [0.15, 0.2) is 5.78 Å². The van der Waals surface area contributed by atoms with Crippen molar-refractivity contribution in [2.45, 2.75) is 18.9 Å². The second-order valence-corrected chi connectivity index (χ2v) is 6.34. The predicted molar refractivity (Wildman–Crippen MR) is 99.0 cm³/mol. The number of piperidine rings is 1. The summed E-state index contributed by atoms with van der Waals surface area (Å²) < 4.78 is 5.14. The van der Waals surface area contributed by atoms with Gasteiger partial charge in [-0.2, -0.15) is 0 Å². The normalized spacial score (nSPS) is 19.1. The van der Waals surface area contributed by atoms with Crippen molar-refractivity contribution < 1.29 is 24.2 Å². The molecule has 1 aliphatic rings. The SMILES string of the molecule is O=C(Nc1ccc(C(=O)C2CC(C(=O)O)CCN2)cc1)Oc1ccccc1. The van der Waals surface area contributed by atoms with Crippen LogP contribution < -0.4 is 15.4 Å². The highest BCUT2D eigenvalue weighted by molar-refractivity contribution is 6.01. The van der Waals surface area contributed by atoms with Crippen molar-refractivity contribution in [2.75, 3.05) is 11.9 Å². The molecule has 2 aromatic rings. The number of carboxylic acid groups (broad SMARTS) is 1. The minimum Gasteiger partial charge on any atom is -0.481 e. The molecule has 1 fully saturated rings. The lowest BCUT2D eigenvalue weighted by Gasteiger charge is -2.27. The number of ketones is 1. The molecule has 1 amide bonds. The molecule has 0 aromatic heterocycles. The fraction of sp³-hybridized carbons (Fsp3) is 0.250. The Morgan fingerprint density at radius 3 is 2.41 bits per heavy atom. The van der Waals surface area contributed by atoms with E-state index in [9.17, 15) is 14.4 Å². The van der Waals surface area contributed by atoms with Crippen LogP contribution in [0.1, 0.15) is 23.2 Å². The van der Waals surface area contributed by atoms with Gasteiger partial charge in [0, 0.05) is 11.3 Å². The maximum Gasteiger partial charge on any atom is 0.417 e. The van der Waals surface area contributed by atoms with Gasteiger partial charge in [0.2, 0.25) is 0 Å². The highest BCUT2D eigenvalue weighted by Gasteiger charge is 2.31. The van der Waals surface area contributed by atoms with Gasteiger partial charge in [-0.3, -0.25) is 14.9 Å². The Kier molecular flexibility index (Phi) is 5.83. The molecule has 7 heteroatoms. The number of para-hydroxylation sites is 1. The number of nitrogens with one attached hydrogen (secondary N) is 2. The van der Waals surface area contributed by atoms with Gasteiger partial charge in [0.1, 0.15) is 5.75 Å². The van der Waals surface area contributed by atoms with Crippen LogP contribution in [-0.4, -0.2) is 35.5 Å². The van der Waals surface area contributed by atoms with Gasteiger partial charge in [-0.05, 0) is 55.8 Å². The minimum atomic E-state index is -0.870. The molecular weight excluding hydrogens is 348 g/mol. The number of anilines is 1. The van der Waals surface area contributed by atoms with Crippen LogP contribution in [0.15, 0.2) is 54.6 Å². The molecule has 0 saturated carbocycles. The molecule has 1 aliphatic heterocycles. The average molecular weight is 368 g/mol. The number of amides is 1. The minimum absolute atomic E-state index is 0.153. The van der Waals surface area contributed by atoms with Gasteiger partial charge in [-0.25, -0.2) is 4.79 Å². The third kappa shape index (κ3) is 4.92. The average Bonchev–Trinajstić information content (AvgIpc) is 2.69. The first-order valence-electron chi connectivity index (χ1n) is 8.67. The highest BCUT2D eigenvalue weighted by Crippen LogP contribution is 2.20. The number of ether oxygens (including phenoxy) is 1. The third-order valence-electron chi connectivity index (χ3n) is 4.44. The van der Waals surface area contributed by atoms with Crippen LogP contribution in [0, 0.1) is 5.92 Å². The third-order valence-corrected chi connectivity index (χ3v) is 4.44. The van der Waals surface area contributed by atoms with Gasteiger partial charge in [-0.1, -0.05) is 18.2 Å². The largest absolute Gasteiger partial charge is 0.481 e. The maximum atomic E-state index is 12.6. The molecule has 2 atom stereocenters. The molecule has 0 radical (unpaired) electrons. The van der Waals surface area contributed by atoms with E-state index in [1.54, 1.807) is 48.5 Å². The van der Waals surface area contributed by atoms with E-state index in [2.05, 4.69) is 10.6 Å². The van der Waals surface area contributed by atoms with Crippen LogP contribution in [-0.2, 0) is 4.79 Å². The quantitative estimate of drug-likeness (QED) is 0.701. The summed E-state index contributed by atoms with van der Waals surface area (Å²) in [6.45, 7) is 0.498. The van der Waals surface area contributed by atoms with Crippen molar-refractivity contribution in [3.05, 3.63) is 60.2 Å². The topological polar surface area (TPSA) is 105 Å². The van der Waals surface area contributed by atoms with Gasteiger partial charge >= 0.3 is 12.1 Å². The molecule has 3 rings (SSSR count). The summed E-state index contributed by atoms with van der Waals surface area (Å²) in [4.78, 5) is 35.6. The molecule has 2 unspecified atom stereocenters. The number of hydrogen-bond acceptors (Lipinski definition) is 5. The molecule has 0 spiro atoms. The van der Waals surface area contributed by atoms with E-state index >= 15 is 0 Å². The summed E-state index contributed by atoms with van der Waals surface area (Å²) in [7, 11) is 0. The second-order valence-electron chi connectivity index (χ2n) is 6.34. The van der Waals surface area contributed by atoms with Gasteiger partial charge in [0.05, 0.1) is 12.0 Å². The van der Waals surface area contributed by atoms with Crippen LogP contribution in [0.25, 0.3) is 0 Å². The number of carbonyl (C=O) groups excluding carboxylic acids is 2. The lowest BCUT2D eigenvalue weighted by atomic mass is 9.88. The lowest BCUT2D eigenvalue weighted by molar-refractivity contribution is -0.142. The molecule has 3 N–H and O–H groups in total. The van der Waals surface area contributed by atoms with E-state index in [0.717, 1.165) is 0 Å².